The number of aliphatic hydroxyl groups excluding tert-OH is 1. The van der Waals surface area contributed by atoms with Gasteiger partial charge < -0.3 is 10.4 Å². The van der Waals surface area contributed by atoms with Gasteiger partial charge in [-0.3, -0.25) is 19.3 Å². The number of aliphatic hydroxyl groups is 1. The molecule has 0 fully saturated rings. The van der Waals surface area contributed by atoms with E-state index in [-0.39, 0.29) is 17.9 Å². The lowest BCUT2D eigenvalue weighted by Crippen LogP contribution is -2.29. The molecule has 0 aromatic heterocycles. The highest BCUT2D eigenvalue weighted by Crippen LogP contribution is 2.31. The van der Waals surface area contributed by atoms with Crippen molar-refractivity contribution in [2.24, 2.45) is 0 Å². The Kier molecular flexibility index (Phi) is 10.1. The maximum atomic E-state index is 15.2. The first kappa shape index (κ1) is 28.9. The SMILES string of the molecule is CON(Cc1cc(C(=O)NOCCO)c(Nc2ccc(C#C[Si](C)(C)C)cc2F)c(F)c1F)C(C)=O. The van der Waals surface area contributed by atoms with Crippen molar-refractivity contribution in [2.75, 3.05) is 25.6 Å². The van der Waals surface area contributed by atoms with Crippen LogP contribution in [0.1, 0.15) is 28.4 Å². The van der Waals surface area contributed by atoms with Gasteiger partial charge >= 0.3 is 0 Å². The van der Waals surface area contributed by atoms with Crippen LogP contribution in [0.15, 0.2) is 24.3 Å². The van der Waals surface area contributed by atoms with Gasteiger partial charge in [-0.2, -0.15) is 0 Å². The molecule has 0 unspecified atom stereocenters. The summed E-state index contributed by atoms with van der Waals surface area (Å²) in [5.41, 5.74) is 3.80. The average Bonchev–Trinajstić information content (AvgIpc) is 2.80. The highest BCUT2D eigenvalue weighted by atomic mass is 28.3. The fraction of sp³-hybridized carbons (Fsp3) is 0.333. The highest BCUT2D eigenvalue weighted by molar-refractivity contribution is 6.83. The van der Waals surface area contributed by atoms with Gasteiger partial charge in [0.2, 0.25) is 5.91 Å². The molecule has 2 aromatic carbocycles. The van der Waals surface area contributed by atoms with E-state index in [9.17, 15) is 18.4 Å². The number of anilines is 2. The number of carbonyl (C=O) groups is 2. The van der Waals surface area contributed by atoms with E-state index < -0.39 is 61.7 Å². The third-order valence-corrected chi connectivity index (χ3v) is 5.46. The van der Waals surface area contributed by atoms with Crippen molar-refractivity contribution in [3.63, 3.8) is 0 Å². The summed E-state index contributed by atoms with van der Waals surface area (Å²) in [4.78, 5) is 34.0. The van der Waals surface area contributed by atoms with Gasteiger partial charge in [0.05, 0.1) is 43.8 Å². The van der Waals surface area contributed by atoms with E-state index in [1.807, 2.05) is 25.1 Å². The molecule has 2 aromatic rings. The van der Waals surface area contributed by atoms with Crippen LogP contribution in [0.3, 0.4) is 0 Å². The number of halogens is 3. The summed E-state index contributed by atoms with van der Waals surface area (Å²) >= 11 is 0. The van der Waals surface area contributed by atoms with E-state index in [0.717, 1.165) is 24.1 Å². The molecular weight excluding hydrogens is 495 g/mol. The van der Waals surface area contributed by atoms with E-state index in [1.54, 1.807) is 0 Å². The second-order valence-corrected chi connectivity index (χ2v) is 13.4. The average molecular weight is 524 g/mol. The second-order valence-electron chi connectivity index (χ2n) is 8.65. The zero-order chi connectivity index (χ0) is 27.0. The molecular formula is C24H28F3N3O5Si. The Hall–Kier alpha value is -3.37. The van der Waals surface area contributed by atoms with Crippen LogP contribution in [0.2, 0.25) is 19.6 Å². The summed E-state index contributed by atoms with van der Waals surface area (Å²) in [6.07, 6.45) is 0. The lowest BCUT2D eigenvalue weighted by Gasteiger charge is -2.20. The van der Waals surface area contributed by atoms with Gasteiger partial charge in [-0.15, -0.1) is 5.54 Å². The van der Waals surface area contributed by atoms with Crippen molar-refractivity contribution >= 4 is 31.3 Å². The summed E-state index contributed by atoms with van der Waals surface area (Å²) in [5.74, 6) is -2.34. The topological polar surface area (TPSA) is 100 Å². The number of nitrogens with one attached hydrogen (secondary N) is 2. The predicted molar refractivity (Wildman–Crippen MR) is 130 cm³/mol. The van der Waals surface area contributed by atoms with Crippen LogP contribution < -0.4 is 10.8 Å². The van der Waals surface area contributed by atoms with Crippen LogP contribution in [-0.2, 0) is 21.0 Å². The predicted octanol–water partition coefficient (Wildman–Crippen LogP) is 3.64. The maximum Gasteiger partial charge on any atom is 0.277 e. The maximum absolute atomic E-state index is 15.2. The molecule has 2 amide bonds. The van der Waals surface area contributed by atoms with Crippen LogP contribution in [0.4, 0.5) is 24.5 Å². The van der Waals surface area contributed by atoms with Gasteiger partial charge in [-0.1, -0.05) is 25.6 Å². The molecule has 0 spiro atoms. The molecule has 12 heteroatoms. The zero-order valence-corrected chi connectivity index (χ0v) is 21.6. The number of benzene rings is 2. The van der Waals surface area contributed by atoms with Crippen LogP contribution in [0.5, 0.6) is 0 Å². The number of amides is 2. The molecule has 0 heterocycles. The minimum absolute atomic E-state index is 0.229. The van der Waals surface area contributed by atoms with Gasteiger partial charge in [-0.05, 0) is 24.3 Å². The summed E-state index contributed by atoms with van der Waals surface area (Å²) in [5, 5.41) is 12.0. The third kappa shape index (κ3) is 7.82. The Balaban J connectivity index is 2.53. The minimum atomic E-state index is -1.70. The van der Waals surface area contributed by atoms with Crippen LogP contribution in [0, 0.1) is 28.9 Å². The first-order valence-corrected chi connectivity index (χ1v) is 14.3. The van der Waals surface area contributed by atoms with Crippen molar-refractivity contribution in [3.8, 4) is 11.5 Å². The first-order chi connectivity index (χ1) is 16.9. The van der Waals surface area contributed by atoms with E-state index >= 15 is 4.39 Å². The van der Waals surface area contributed by atoms with Crippen molar-refractivity contribution in [3.05, 3.63) is 58.4 Å². The van der Waals surface area contributed by atoms with Crippen molar-refractivity contribution < 1.29 is 37.5 Å². The van der Waals surface area contributed by atoms with Gasteiger partial charge in [0.15, 0.2) is 11.6 Å². The summed E-state index contributed by atoms with van der Waals surface area (Å²) in [6.45, 7) is 6.08. The molecule has 0 saturated heterocycles. The van der Waals surface area contributed by atoms with Crippen molar-refractivity contribution in [2.45, 2.75) is 33.1 Å². The molecule has 36 heavy (non-hydrogen) atoms. The minimum Gasteiger partial charge on any atom is -0.394 e. The smallest absolute Gasteiger partial charge is 0.277 e. The molecule has 3 N–H and O–H groups in total. The monoisotopic (exact) mass is 523 g/mol. The fourth-order valence-corrected chi connectivity index (χ4v) is 3.38. The quantitative estimate of drug-likeness (QED) is 0.201. The van der Waals surface area contributed by atoms with E-state index in [1.165, 1.54) is 19.2 Å². The van der Waals surface area contributed by atoms with E-state index in [0.29, 0.717) is 5.56 Å². The molecule has 2 rings (SSSR count). The third-order valence-electron chi connectivity index (χ3n) is 4.58. The van der Waals surface area contributed by atoms with Gasteiger partial charge in [0.1, 0.15) is 13.9 Å². The Bertz CT molecular complexity index is 1190. The largest absolute Gasteiger partial charge is 0.394 e. The number of hydrogen-bond donors (Lipinski definition) is 3. The number of rotatable bonds is 9. The van der Waals surface area contributed by atoms with Crippen molar-refractivity contribution in [1.29, 1.82) is 0 Å². The lowest BCUT2D eigenvalue weighted by atomic mass is 10.0. The molecule has 194 valence electrons. The molecule has 0 aliphatic rings. The Labute approximate surface area is 208 Å². The summed E-state index contributed by atoms with van der Waals surface area (Å²) in [6, 6.07) is 4.93. The molecule has 0 saturated carbocycles. The van der Waals surface area contributed by atoms with Crippen molar-refractivity contribution in [1.82, 2.24) is 10.5 Å². The van der Waals surface area contributed by atoms with Crippen LogP contribution >= 0.6 is 0 Å². The normalized spacial score (nSPS) is 10.9. The Morgan fingerprint density at radius 3 is 2.39 bits per heavy atom. The van der Waals surface area contributed by atoms with E-state index in [2.05, 4.69) is 16.8 Å². The standard InChI is InChI=1S/C24H28F3N3O5Si/c1-15(32)30(34-2)14-17-13-18(24(33)29-35-10-9-31)23(22(27)21(17)26)28-20-7-6-16(12-19(20)25)8-11-36(3,4)5/h6-7,12-13,28,31H,9-10,14H2,1-5H3,(H,29,33). The molecule has 0 aliphatic carbocycles. The lowest BCUT2D eigenvalue weighted by molar-refractivity contribution is -0.176. The molecule has 0 aliphatic heterocycles. The highest BCUT2D eigenvalue weighted by Gasteiger charge is 2.25. The van der Waals surface area contributed by atoms with Crippen LogP contribution in [-0.4, -0.2) is 50.4 Å². The van der Waals surface area contributed by atoms with E-state index in [4.69, 9.17) is 14.8 Å². The number of nitrogens with zero attached hydrogens (tertiary/aromatic N) is 1. The Morgan fingerprint density at radius 1 is 1.14 bits per heavy atom. The number of hydroxylamine groups is 3. The Morgan fingerprint density at radius 2 is 1.83 bits per heavy atom. The molecule has 0 radical (unpaired) electrons. The number of carbonyl (C=O) groups excluding carboxylic acids is 2. The summed E-state index contributed by atoms with van der Waals surface area (Å²) in [7, 11) is -0.534. The number of hydrogen-bond acceptors (Lipinski definition) is 6. The summed E-state index contributed by atoms with van der Waals surface area (Å²) < 4.78 is 44.9. The molecule has 0 bridgehead atoms. The van der Waals surface area contributed by atoms with Gasteiger partial charge in [-0.25, -0.2) is 23.7 Å². The van der Waals surface area contributed by atoms with Crippen LogP contribution in [0.25, 0.3) is 0 Å². The fourth-order valence-electron chi connectivity index (χ4n) is 2.86. The zero-order valence-electron chi connectivity index (χ0n) is 20.6. The first-order valence-electron chi connectivity index (χ1n) is 10.8. The second kappa shape index (κ2) is 12.5. The van der Waals surface area contributed by atoms with Gasteiger partial charge in [0.25, 0.3) is 5.91 Å². The molecule has 0 atom stereocenters. The molecule has 8 nitrogen and oxygen atoms in total. The van der Waals surface area contributed by atoms with Gasteiger partial charge in [0, 0.05) is 18.1 Å².